The molecule has 1 fully saturated rings. The summed E-state index contributed by atoms with van der Waals surface area (Å²) in [5.41, 5.74) is 2.55. The van der Waals surface area contributed by atoms with Crippen LogP contribution in [0.1, 0.15) is 43.0 Å². The fourth-order valence-corrected chi connectivity index (χ4v) is 4.88. The second kappa shape index (κ2) is 13.1. The van der Waals surface area contributed by atoms with Gasteiger partial charge in [0, 0.05) is 24.7 Å². The van der Waals surface area contributed by atoms with Crippen LogP contribution in [0.15, 0.2) is 42.5 Å². The van der Waals surface area contributed by atoms with E-state index in [1.165, 1.54) is 4.90 Å². The monoisotopic (exact) mass is 538 g/mol. The highest BCUT2D eigenvalue weighted by Gasteiger charge is 2.36. The van der Waals surface area contributed by atoms with Crippen molar-refractivity contribution in [1.29, 1.82) is 0 Å². The fourth-order valence-electron chi connectivity index (χ4n) is 4.88. The third-order valence-corrected chi connectivity index (χ3v) is 6.99. The van der Waals surface area contributed by atoms with E-state index in [-0.39, 0.29) is 37.5 Å². The van der Waals surface area contributed by atoms with Gasteiger partial charge in [0.1, 0.15) is 18.5 Å². The second-order valence-corrected chi connectivity index (χ2v) is 9.82. The molecule has 4 rings (SSSR count). The lowest BCUT2D eigenvalue weighted by Crippen LogP contribution is -2.51. The summed E-state index contributed by atoms with van der Waals surface area (Å²) in [5.74, 6) is -0.305. The van der Waals surface area contributed by atoms with Gasteiger partial charge < -0.3 is 25.2 Å². The van der Waals surface area contributed by atoms with Gasteiger partial charge in [-0.05, 0) is 62.1 Å². The average Bonchev–Trinajstić information content (AvgIpc) is 2.91. The summed E-state index contributed by atoms with van der Waals surface area (Å²) in [6.07, 6.45) is 1.78. The molecule has 3 amide bonds. The first kappa shape index (κ1) is 27.9. The molecule has 1 aliphatic carbocycles. The van der Waals surface area contributed by atoms with Crippen molar-refractivity contribution in [3.8, 4) is 0 Å². The molecular weight excluding hydrogens is 504 g/mol. The number of pyridine rings is 1. The molecule has 11 nitrogen and oxygen atoms in total. The first-order valence-electron chi connectivity index (χ1n) is 13.2. The number of hydrogen-bond acceptors (Lipinski definition) is 7. The Bertz CT molecular complexity index is 1180. The van der Waals surface area contributed by atoms with Gasteiger partial charge in [-0.15, -0.1) is 0 Å². The molecule has 11 heteroatoms. The highest BCUT2D eigenvalue weighted by atomic mass is 16.6. The van der Waals surface area contributed by atoms with Gasteiger partial charge in [-0.2, -0.15) is 0 Å². The number of carboxylic acid groups (broad SMARTS) is 1. The van der Waals surface area contributed by atoms with E-state index in [0.29, 0.717) is 31.6 Å². The number of carbonyl (C=O) groups excluding carboxylic acids is 3. The number of ether oxygens (including phenoxy) is 2. The number of anilines is 1. The maximum atomic E-state index is 12.7. The zero-order valence-electron chi connectivity index (χ0n) is 21.9. The summed E-state index contributed by atoms with van der Waals surface area (Å²) in [4.78, 5) is 54.8. The molecule has 0 spiro atoms. The van der Waals surface area contributed by atoms with Crippen LogP contribution in [0.3, 0.4) is 0 Å². The van der Waals surface area contributed by atoms with E-state index < -0.39 is 24.2 Å². The van der Waals surface area contributed by atoms with Gasteiger partial charge in [-0.25, -0.2) is 19.4 Å². The number of alkyl carbamates (subject to hydrolysis) is 1. The third-order valence-electron chi connectivity index (χ3n) is 6.99. The Morgan fingerprint density at radius 1 is 1.10 bits per heavy atom. The fraction of sp³-hybridized carbons (Fsp3) is 0.464. The normalized spacial score (nSPS) is 18.6. The number of nitrogens with one attached hydrogen (secondary N) is 2. The van der Waals surface area contributed by atoms with Gasteiger partial charge in [0.15, 0.2) is 0 Å². The van der Waals surface area contributed by atoms with Crippen LogP contribution in [0, 0.1) is 11.8 Å². The number of esters is 1. The van der Waals surface area contributed by atoms with Gasteiger partial charge in [-0.3, -0.25) is 9.69 Å². The maximum Gasteiger partial charge on any atom is 0.413 e. The highest BCUT2D eigenvalue weighted by molar-refractivity contribution is 5.86. The van der Waals surface area contributed by atoms with Gasteiger partial charge in [-0.1, -0.05) is 36.4 Å². The van der Waals surface area contributed by atoms with Crippen molar-refractivity contribution in [2.75, 3.05) is 24.6 Å². The molecule has 1 saturated carbocycles. The van der Waals surface area contributed by atoms with Gasteiger partial charge in [0.2, 0.25) is 5.91 Å². The zero-order chi connectivity index (χ0) is 27.8. The number of rotatable bonds is 10. The van der Waals surface area contributed by atoms with Crippen molar-refractivity contribution in [3.05, 3.63) is 59.3 Å². The average molecular weight is 539 g/mol. The molecule has 1 unspecified atom stereocenters. The molecule has 39 heavy (non-hydrogen) atoms. The molecule has 0 bridgehead atoms. The van der Waals surface area contributed by atoms with E-state index in [9.17, 15) is 24.3 Å². The van der Waals surface area contributed by atoms with E-state index in [2.05, 4.69) is 15.6 Å². The van der Waals surface area contributed by atoms with Crippen molar-refractivity contribution in [1.82, 2.24) is 15.6 Å². The first-order chi connectivity index (χ1) is 18.8. The minimum absolute atomic E-state index is 0.0471. The third kappa shape index (κ3) is 7.46. The molecule has 1 aliphatic heterocycles. The summed E-state index contributed by atoms with van der Waals surface area (Å²) in [5, 5.41) is 14.7. The van der Waals surface area contributed by atoms with E-state index in [0.717, 1.165) is 29.7 Å². The molecule has 1 aromatic carbocycles. The van der Waals surface area contributed by atoms with E-state index >= 15 is 0 Å². The SMILES string of the molecule is CCOC(=O)C(CNC(=O)C1CC(Cc2ccc3c(n2)N(C(=O)O)CCC3)C1)NC(=O)OCc1ccccc1. The molecule has 2 aliphatic rings. The number of aromatic nitrogens is 1. The number of fused-ring (bicyclic) bond motifs is 1. The Balaban J connectivity index is 1.24. The summed E-state index contributed by atoms with van der Waals surface area (Å²) in [6.45, 7) is 2.17. The van der Waals surface area contributed by atoms with Crippen LogP contribution in [0.25, 0.3) is 0 Å². The number of nitrogens with zero attached hydrogens (tertiary/aromatic N) is 2. The minimum Gasteiger partial charge on any atom is -0.465 e. The first-order valence-corrected chi connectivity index (χ1v) is 13.2. The van der Waals surface area contributed by atoms with Crippen molar-refractivity contribution in [2.24, 2.45) is 11.8 Å². The van der Waals surface area contributed by atoms with Crippen LogP contribution in [0.4, 0.5) is 15.4 Å². The van der Waals surface area contributed by atoms with Crippen LogP contribution in [0.2, 0.25) is 0 Å². The van der Waals surface area contributed by atoms with Crippen LogP contribution in [-0.4, -0.2) is 59.9 Å². The standard InChI is InChI=1S/C28H34N4O7/c1-2-38-26(34)23(31-27(35)39-17-18-7-4-3-5-8-18)16-29-25(33)21-13-19(14-21)15-22-11-10-20-9-6-12-32(28(36)37)24(20)30-22/h3-5,7-8,10-11,19,21,23H,2,6,9,12-17H2,1H3,(H,29,33)(H,31,35)(H,36,37). The molecule has 3 N–H and O–H groups in total. The predicted octanol–water partition coefficient (Wildman–Crippen LogP) is 3.06. The van der Waals surface area contributed by atoms with Crippen molar-refractivity contribution in [3.63, 3.8) is 0 Å². The Morgan fingerprint density at radius 2 is 1.87 bits per heavy atom. The molecule has 1 atom stereocenters. The number of hydrogen-bond donors (Lipinski definition) is 3. The lowest BCUT2D eigenvalue weighted by Gasteiger charge is -2.34. The maximum absolute atomic E-state index is 12.7. The Hall–Kier alpha value is -4.15. The topological polar surface area (TPSA) is 147 Å². The van der Waals surface area contributed by atoms with Gasteiger partial charge in [0.05, 0.1) is 6.61 Å². The van der Waals surface area contributed by atoms with Crippen LogP contribution < -0.4 is 15.5 Å². The lowest BCUT2D eigenvalue weighted by molar-refractivity contribution is -0.145. The Kier molecular flexibility index (Phi) is 9.35. The van der Waals surface area contributed by atoms with Crippen LogP contribution in [0.5, 0.6) is 0 Å². The molecule has 208 valence electrons. The molecule has 2 heterocycles. The smallest absolute Gasteiger partial charge is 0.413 e. The van der Waals surface area contributed by atoms with E-state index in [1.54, 1.807) is 6.92 Å². The van der Waals surface area contributed by atoms with Gasteiger partial charge in [0.25, 0.3) is 0 Å². The highest BCUT2D eigenvalue weighted by Crippen LogP contribution is 2.36. The Morgan fingerprint density at radius 3 is 2.59 bits per heavy atom. The molecular formula is C28H34N4O7. The quantitative estimate of drug-likeness (QED) is 0.391. The summed E-state index contributed by atoms with van der Waals surface area (Å²) >= 11 is 0. The Labute approximate surface area is 226 Å². The van der Waals surface area contributed by atoms with E-state index in [4.69, 9.17) is 9.47 Å². The molecule has 0 saturated heterocycles. The van der Waals surface area contributed by atoms with Crippen molar-refractivity contribution >= 4 is 29.9 Å². The van der Waals surface area contributed by atoms with E-state index in [1.807, 2.05) is 42.5 Å². The van der Waals surface area contributed by atoms with Crippen LogP contribution >= 0.6 is 0 Å². The van der Waals surface area contributed by atoms with Crippen LogP contribution in [-0.2, 0) is 38.5 Å². The molecule has 2 aromatic rings. The minimum atomic E-state index is -1.08. The molecule has 0 radical (unpaired) electrons. The van der Waals surface area contributed by atoms with Crippen molar-refractivity contribution < 1.29 is 33.8 Å². The number of benzene rings is 1. The summed E-state index contributed by atoms with van der Waals surface area (Å²) in [6, 6.07) is 11.9. The van der Waals surface area contributed by atoms with Crippen molar-refractivity contribution in [2.45, 2.75) is 51.7 Å². The summed E-state index contributed by atoms with van der Waals surface area (Å²) in [7, 11) is 0. The lowest BCUT2D eigenvalue weighted by atomic mass is 9.72. The summed E-state index contributed by atoms with van der Waals surface area (Å²) < 4.78 is 10.2. The zero-order valence-corrected chi connectivity index (χ0v) is 21.9. The number of carbonyl (C=O) groups is 4. The number of aryl methyl sites for hydroxylation is 1. The molecule has 1 aromatic heterocycles. The number of amides is 3. The second-order valence-electron chi connectivity index (χ2n) is 9.82. The van der Waals surface area contributed by atoms with Gasteiger partial charge >= 0.3 is 18.2 Å². The largest absolute Gasteiger partial charge is 0.465 e. The predicted molar refractivity (Wildman–Crippen MR) is 141 cm³/mol.